The zero-order valence-electron chi connectivity index (χ0n) is 16.7. The van der Waals surface area contributed by atoms with Gasteiger partial charge in [-0.1, -0.05) is 48.5 Å². The molecule has 0 heterocycles. The molecule has 0 unspecified atom stereocenters. The van der Waals surface area contributed by atoms with Crippen molar-refractivity contribution >= 4 is 39.6 Å². The van der Waals surface area contributed by atoms with Gasteiger partial charge in [-0.15, -0.1) is 0 Å². The smallest absolute Gasteiger partial charge is 0.337 e. The molecule has 3 aromatic carbocycles. The van der Waals surface area contributed by atoms with Crippen molar-refractivity contribution in [3.63, 3.8) is 0 Å². The normalized spacial score (nSPS) is 11.0. The topological polar surface area (TPSA) is 84.9 Å². The largest absolute Gasteiger partial charge is 0.493 e. The first-order valence-corrected chi connectivity index (χ1v) is 10.1. The Labute approximate surface area is 188 Å². The van der Waals surface area contributed by atoms with Gasteiger partial charge in [0.15, 0.2) is 11.5 Å². The average molecular weight is 482 g/mol. The standard InChI is InChI=1S/C24H20BrNO5/c1-30-22-14-17(11-12-21(22)31-15-16-7-3-2-4-8-16)13-19(25)23(27)26-20-10-6-5-9-18(20)24(28)29/h2-14H,15H2,1H3,(H,26,27)(H,28,29). The summed E-state index contributed by atoms with van der Waals surface area (Å²) in [6.07, 6.45) is 1.61. The average Bonchev–Trinajstić information content (AvgIpc) is 2.79. The summed E-state index contributed by atoms with van der Waals surface area (Å²) in [5, 5.41) is 11.8. The summed E-state index contributed by atoms with van der Waals surface area (Å²) in [6.45, 7) is 0.404. The van der Waals surface area contributed by atoms with Gasteiger partial charge in [0.25, 0.3) is 5.91 Å². The van der Waals surface area contributed by atoms with Crippen molar-refractivity contribution in [1.29, 1.82) is 0 Å². The molecule has 0 atom stereocenters. The summed E-state index contributed by atoms with van der Waals surface area (Å²) in [4.78, 5) is 23.8. The van der Waals surface area contributed by atoms with Crippen molar-refractivity contribution in [3.8, 4) is 11.5 Å². The van der Waals surface area contributed by atoms with Crippen LogP contribution in [0.25, 0.3) is 6.08 Å². The molecule has 3 aromatic rings. The molecule has 0 aliphatic rings. The molecule has 0 aliphatic heterocycles. The molecule has 0 saturated heterocycles. The number of anilines is 1. The van der Waals surface area contributed by atoms with Crippen molar-refractivity contribution < 1.29 is 24.2 Å². The number of carbonyl (C=O) groups is 2. The van der Waals surface area contributed by atoms with E-state index in [9.17, 15) is 14.7 Å². The number of hydrogen-bond donors (Lipinski definition) is 2. The van der Waals surface area contributed by atoms with Crippen molar-refractivity contribution in [3.05, 3.63) is 94.0 Å². The number of rotatable bonds is 8. The van der Waals surface area contributed by atoms with E-state index in [2.05, 4.69) is 21.2 Å². The quantitative estimate of drug-likeness (QED) is 0.423. The van der Waals surface area contributed by atoms with Crippen molar-refractivity contribution in [2.75, 3.05) is 12.4 Å². The summed E-state index contributed by atoms with van der Waals surface area (Å²) in [7, 11) is 1.54. The highest BCUT2D eigenvalue weighted by Gasteiger charge is 2.14. The van der Waals surface area contributed by atoms with E-state index in [4.69, 9.17) is 9.47 Å². The third-order valence-electron chi connectivity index (χ3n) is 4.34. The third kappa shape index (κ3) is 5.96. The lowest BCUT2D eigenvalue weighted by Gasteiger charge is -2.12. The van der Waals surface area contributed by atoms with E-state index in [-0.39, 0.29) is 15.7 Å². The fourth-order valence-electron chi connectivity index (χ4n) is 2.80. The van der Waals surface area contributed by atoms with E-state index >= 15 is 0 Å². The van der Waals surface area contributed by atoms with Gasteiger partial charge in [-0.3, -0.25) is 4.79 Å². The zero-order valence-corrected chi connectivity index (χ0v) is 18.3. The number of ether oxygens (including phenoxy) is 2. The van der Waals surface area contributed by atoms with Crippen LogP contribution in [0.4, 0.5) is 5.69 Å². The van der Waals surface area contributed by atoms with Crippen LogP contribution in [0.5, 0.6) is 11.5 Å². The molecule has 0 spiro atoms. The predicted molar refractivity (Wildman–Crippen MR) is 123 cm³/mol. The number of amides is 1. The highest BCUT2D eigenvalue weighted by Crippen LogP contribution is 2.30. The molecule has 0 aliphatic carbocycles. The van der Waals surface area contributed by atoms with Gasteiger partial charge in [-0.2, -0.15) is 0 Å². The van der Waals surface area contributed by atoms with Crippen LogP contribution in [-0.2, 0) is 11.4 Å². The van der Waals surface area contributed by atoms with Crippen LogP contribution in [0, 0.1) is 0 Å². The molecule has 0 fully saturated rings. The molecule has 0 radical (unpaired) electrons. The molecular formula is C24H20BrNO5. The number of carboxylic acid groups (broad SMARTS) is 1. The maximum absolute atomic E-state index is 12.5. The molecule has 2 N–H and O–H groups in total. The lowest BCUT2D eigenvalue weighted by Crippen LogP contribution is -2.14. The van der Waals surface area contributed by atoms with E-state index in [1.807, 2.05) is 30.3 Å². The predicted octanol–water partition coefficient (Wildman–Crippen LogP) is 5.35. The van der Waals surface area contributed by atoms with Gasteiger partial charge in [0, 0.05) is 0 Å². The molecule has 6 nitrogen and oxygen atoms in total. The van der Waals surface area contributed by atoms with Crippen molar-refractivity contribution in [1.82, 2.24) is 0 Å². The van der Waals surface area contributed by atoms with Crippen molar-refractivity contribution in [2.45, 2.75) is 6.61 Å². The minimum Gasteiger partial charge on any atom is -0.493 e. The molecule has 31 heavy (non-hydrogen) atoms. The molecule has 0 aromatic heterocycles. The first-order chi connectivity index (χ1) is 15.0. The number of hydrogen-bond acceptors (Lipinski definition) is 4. The molecule has 0 saturated carbocycles. The van der Waals surface area contributed by atoms with E-state index < -0.39 is 11.9 Å². The van der Waals surface area contributed by atoms with Gasteiger partial charge in [0.05, 0.1) is 22.8 Å². The van der Waals surface area contributed by atoms with Crippen LogP contribution in [0.15, 0.2) is 77.3 Å². The Morgan fingerprint density at radius 2 is 1.71 bits per heavy atom. The molecule has 3 rings (SSSR count). The summed E-state index contributed by atoms with van der Waals surface area (Å²) in [5.41, 5.74) is 1.97. The summed E-state index contributed by atoms with van der Waals surface area (Å²) >= 11 is 3.26. The Hall–Kier alpha value is -3.58. The first-order valence-electron chi connectivity index (χ1n) is 9.33. The van der Waals surface area contributed by atoms with Crippen LogP contribution in [-0.4, -0.2) is 24.1 Å². The number of carbonyl (C=O) groups excluding carboxylic acids is 1. The Balaban J connectivity index is 1.73. The van der Waals surface area contributed by atoms with Crippen LogP contribution < -0.4 is 14.8 Å². The molecule has 1 amide bonds. The lowest BCUT2D eigenvalue weighted by atomic mass is 10.1. The van der Waals surface area contributed by atoms with Gasteiger partial charge >= 0.3 is 5.97 Å². The minimum atomic E-state index is -1.12. The zero-order chi connectivity index (χ0) is 22.2. The Morgan fingerprint density at radius 1 is 1.00 bits per heavy atom. The molecular weight excluding hydrogens is 462 g/mol. The second kappa shape index (κ2) is 10.4. The van der Waals surface area contributed by atoms with Crippen LogP contribution in [0.2, 0.25) is 0 Å². The maximum Gasteiger partial charge on any atom is 0.337 e. The third-order valence-corrected chi connectivity index (χ3v) is 4.93. The Morgan fingerprint density at radius 3 is 2.42 bits per heavy atom. The van der Waals surface area contributed by atoms with E-state index in [0.717, 1.165) is 5.56 Å². The fourth-order valence-corrected chi connectivity index (χ4v) is 3.16. The van der Waals surface area contributed by atoms with E-state index in [0.29, 0.717) is 23.7 Å². The summed E-state index contributed by atoms with van der Waals surface area (Å²) in [5.74, 6) is -0.482. The van der Waals surface area contributed by atoms with Crippen LogP contribution >= 0.6 is 15.9 Å². The number of benzene rings is 3. The molecule has 7 heteroatoms. The SMILES string of the molecule is COc1cc(C=C(Br)C(=O)Nc2ccccc2C(=O)O)ccc1OCc1ccccc1. The highest BCUT2D eigenvalue weighted by atomic mass is 79.9. The number of aromatic carboxylic acids is 1. The number of carboxylic acids is 1. The lowest BCUT2D eigenvalue weighted by molar-refractivity contribution is -0.112. The second-order valence-electron chi connectivity index (χ2n) is 6.48. The van der Waals surface area contributed by atoms with Crippen LogP contribution in [0.1, 0.15) is 21.5 Å². The van der Waals surface area contributed by atoms with Gasteiger partial charge in [-0.25, -0.2) is 4.79 Å². The number of halogens is 1. The van der Waals surface area contributed by atoms with E-state index in [1.54, 1.807) is 43.5 Å². The monoisotopic (exact) mass is 481 g/mol. The fraction of sp³-hybridized carbons (Fsp3) is 0.0833. The Kier molecular flexibility index (Phi) is 7.45. The van der Waals surface area contributed by atoms with Crippen molar-refractivity contribution in [2.24, 2.45) is 0 Å². The first kappa shape index (κ1) is 22.1. The van der Waals surface area contributed by atoms with Crippen LogP contribution in [0.3, 0.4) is 0 Å². The molecule has 0 bridgehead atoms. The Bertz CT molecular complexity index is 1110. The van der Waals surface area contributed by atoms with Gasteiger partial charge in [0.2, 0.25) is 0 Å². The summed E-state index contributed by atoms with van der Waals surface area (Å²) in [6, 6.07) is 21.3. The number of nitrogens with one attached hydrogen (secondary N) is 1. The van der Waals surface area contributed by atoms with Gasteiger partial charge in [-0.05, 0) is 57.4 Å². The molecule has 158 valence electrons. The van der Waals surface area contributed by atoms with Gasteiger partial charge < -0.3 is 19.9 Å². The number of methoxy groups -OCH3 is 1. The number of para-hydroxylation sites is 1. The maximum atomic E-state index is 12.5. The summed E-state index contributed by atoms with van der Waals surface area (Å²) < 4.78 is 11.5. The highest BCUT2D eigenvalue weighted by molar-refractivity contribution is 9.12. The van der Waals surface area contributed by atoms with E-state index in [1.165, 1.54) is 12.1 Å². The van der Waals surface area contributed by atoms with Gasteiger partial charge in [0.1, 0.15) is 6.61 Å². The minimum absolute atomic E-state index is 0.0118. The second-order valence-corrected chi connectivity index (χ2v) is 7.34.